The Morgan fingerprint density at radius 3 is 2.38 bits per heavy atom. The summed E-state index contributed by atoms with van der Waals surface area (Å²) in [5, 5.41) is 0. The van der Waals surface area contributed by atoms with Gasteiger partial charge in [-0.25, -0.2) is 0 Å². The molecule has 0 aromatic rings. The maximum atomic E-state index is 11.4. The maximum Gasteiger partial charge on any atom is 0.133 e. The second-order valence-electron chi connectivity index (χ2n) is 4.31. The van der Waals surface area contributed by atoms with Crippen molar-refractivity contribution in [2.75, 3.05) is 0 Å². The molecule has 0 spiro atoms. The highest BCUT2D eigenvalue weighted by Crippen LogP contribution is 2.14. The highest BCUT2D eigenvalue weighted by molar-refractivity contribution is 5.78. The molecule has 0 aromatic heterocycles. The van der Waals surface area contributed by atoms with Crippen molar-refractivity contribution in [2.24, 2.45) is 11.8 Å². The minimum absolute atomic E-state index is 0.409. The summed E-state index contributed by atoms with van der Waals surface area (Å²) >= 11 is 0. The van der Waals surface area contributed by atoms with Crippen LogP contribution in [0.1, 0.15) is 46.5 Å². The summed E-state index contributed by atoms with van der Waals surface area (Å²) in [7, 11) is 0. The molecule has 1 heteroatoms. The van der Waals surface area contributed by atoms with Crippen LogP contribution in [0.3, 0.4) is 0 Å². The number of hydrogen-bond donors (Lipinski definition) is 0. The first-order valence-corrected chi connectivity index (χ1v) is 5.18. The Labute approximate surface area is 82.2 Å². The molecule has 76 valence electrons. The molecule has 0 aliphatic heterocycles. The van der Waals surface area contributed by atoms with Gasteiger partial charge in [-0.2, -0.15) is 0 Å². The highest BCUT2D eigenvalue weighted by atomic mass is 16.1. The molecule has 13 heavy (non-hydrogen) atoms. The topological polar surface area (TPSA) is 17.1 Å². The van der Waals surface area contributed by atoms with Gasteiger partial charge in [0.15, 0.2) is 0 Å². The molecule has 0 rings (SSSR count). The van der Waals surface area contributed by atoms with Crippen molar-refractivity contribution >= 4 is 5.78 Å². The average molecular weight is 182 g/mol. The lowest BCUT2D eigenvalue weighted by molar-refractivity contribution is -0.120. The second-order valence-corrected chi connectivity index (χ2v) is 4.31. The normalized spacial score (nSPS) is 12.9. The van der Waals surface area contributed by atoms with Gasteiger partial charge in [0.05, 0.1) is 0 Å². The summed E-state index contributed by atoms with van der Waals surface area (Å²) < 4.78 is 0. The van der Waals surface area contributed by atoms with Crippen LogP contribution in [0, 0.1) is 11.8 Å². The first kappa shape index (κ1) is 12.4. The van der Waals surface area contributed by atoms with Crippen LogP contribution in [0.25, 0.3) is 0 Å². The summed E-state index contributed by atoms with van der Waals surface area (Å²) in [6.45, 7) is 10.00. The van der Waals surface area contributed by atoms with E-state index < -0.39 is 0 Å². The van der Waals surface area contributed by atoms with Crippen LogP contribution in [0.4, 0.5) is 0 Å². The molecule has 1 unspecified atom stereocenters. The standard InChI is InChI=1S/C12H22O/c1-5-6-7-11(4)9-12(13)8-10(2)3/h5,10-11H,1,6-9H2,2-4H3. The zero-order valence-electron chi connectivity index (χ0n) is 9.18. The van der Waals surface area contributed by atoms with Gasteiger partial charge in [-0.05, 0) is 24.7 Å². The average Bonchev–Trinajstić information content (AvgIpc) is 1.98. The minimum Gasteiger partial charge on any atom is -0.300 e. The molecule has 0 aromatic carbocycles. The first-order chi connectivity index (χ1) is 6.06. The van der Waals surface area contributed by atoms with Crippen molar-refractivity contribution in [2.45, 2.75) is 46.5 Å². The number of allylic oxidation sites excluding steroid dienone is 1. The van der Waals surface area contributed by atoms with Gasteiger partial charge in [0.2, 0.25) is 0 Å². The monoisotopic (exact) mass is 182 g/mol. The Bertz CT molecular complexity index is 159. The van der Waals surface area contributed by atoms with E-state index >= 15 is 0 Å². The molecule has 0 saturated heterocycles. The second kappa shape index (κ2) is 6.88. The van der Waals surface area contributed by atoms with Gasteiger partial charge < -0.3 is 0 Å². The molecule has 0 amide bonds. The number of carbonyl (C=O) groups excluding carboxylic acids is 1. The number of hydrogen-bond acceptors (Lipinski definition) is 1. The summed E-state index contributed by atoms with van der Waals surface area (Å²) in [5.74, 6) is 1.43. The van der Waals surface area contributed by atoms with E-state index in [4.69, 9.17) is 0 Å². The fourth-order valence-corrected chi connectivity index (χ4v) is 1.43. The molecule has 0 aliphatic carbocycles. The molecule has 0 bridgehead atoms. The quantitative estimate of drug-likeness (QED) is 0.550. The van der Waals surface area contributed by atoms with Gasteiger partial charge in [0.1, 0.15) is 5.78 Å². The zero-order chi connectivity index (χ0) is 10.3. The van der Waals surface area contributed by atoms with Gasteiger partial charge in [-0.1, -0.05) is 26.8 Å². The predicted octanol–water partition coefficient (Wildman–Crippen LogP) is 3.59. The Hall–Kier alpha value is -0.590. The van der Waals surface area contributed by atoms with Crippen molar-refractivity contribution < 1.29 is 4.79 Å². The fraction of sp³-hybridized carbons (Fsp3) is 0.750. The van der Waals surface area contributed by atoms with Gasteiger partial charge in [0.25, 0.3) is 0 Å². The van der Waals surface area contributed by atoms with E-state index in [9.17, 15) is 4.79 Å². The van der Waals surface area contributed by atoms with Crippen LogP contribution < -0.4 is 0 Å². The van der Waals surface area contributed by atoms with E-state index in [-0.39, 0.29) is 0 Å². The van der Waals surface area contributed by atoms with Crippen molar-refractivity contribution in [3.05, 3.63) is 12.7 Å². The number of carbonyl (C=O) groups is 1. The molecule has 0 heterocycles. The van der Waals surface area contributed by atoms with Crippen LogP contribution in [-0.4, -0.2) is 5.78 Å². The summed E-state index contributed by atoms with van der Waals surface area (Å²) in [6, 6.07) is 0. The fourth-order valence-electron chi connectivity index (χ4n) is 1.43. The Morgan fingerprint density at radius 1 is 1.31 bits per heavy atom. The largest absolute Gasteiger partial charge is 0.300 e. The first-order valence-electron chi connectivity index (χ1n) is 5.18. The lowest BCUT2D eigenvalue weighted by atomic mass is 9.95. The molecule has 0 aliphatic rings. The van der Waals surface area contributed by atoms with Crippen LogP contribution in [0.5, 0.6) is 0 Å². The van der Waals surface area contributed by atoms with Crippen molar-refractivity contribution in [3.8, 4) is 0 Å². The van der Waals surface area contributed by atoms with E-state index in [1.54, 1.807) is 0 Å². The molecular weight excluding hydrogens is 160 g/mol. The van der Waals surface area contributed by atoms with E-state index in [2.05, 4.69) is 27.4 Å². The molecule has 0 fully saturated rings. The predicted molar refractivity (Wildman–Crippen MR) is 57.7 cm³/mol. The number of rotatable bonds is 7. The van der Waals surface area contributed by atoms with Crippen LogP contribution in [0.15, 0.2) is 12.7 Å². The smallest absolute Gasteiger partial charge is 0.133 e. The van der Waals surface area contributed by atoms with Crippen molar-refractivity contribution in [1.82, 2.24) is 0 Å². The lowest BCUT2D eigenvalue weighted by Crippen LogP contribution is -2.08. The molecule has 1 atom stereocenters. The summed E-state index contributed by atoms with van der Waals surface area (Å²) in [4.78, 5) is 11.4. The molecule has 0 saturated carbocycles. The Kier molecular flexibility index (Phi) is 6.56. The summed E-state index contributed by atoms with van der Waals surface area (Å²) in [5.41, 5.74) is 0. The Balaban J connectivity index is 3.58. The number of ketones is 1. The van der Waals surface area contributed by atoms with Crippen molar-refractivity contribution in [3.63, 3.8) is 0 Å². The third kappa shape index (κ3) is 7.76. The maximum absolute atomic E-state index is 11.4. The van der Waals surface area contributed by atoms with Gasteiger partial charge in [-0.3, -0.25) is 4.79 Å². The van der Waals surface area contributed by atoms with E-state index in [1.807, 2.05) is 6.08 Å². The third-order valence-electron chi connectivity index (χ3n) is 2.08. The van der Waals surface area contributed by atoms with Gasteiger partial charge in [-0.15, -0.1) is 6.58 Å². The SMILES string of the molecule is C=CCCC(C)CC(=O)CC(C)C. The summed E-state index contributed by atoms with van der Waals surface area (Å²) in [6.07, 6.45) is 5.51. The van der Waals surface area contributed by atoms with Crippen molar-refractivity contribution in [1.29, 1.82) is 0 Å². The zero-order valence-corrected chi connectivity index (χ0v) is 9.18. The van der Waals surface area contributed by atoms with Crippen LogP contribution in [0.2, 0.25) is 0 Å². The van der Waals surface area contributed by atoms with Crippen LogP contribution in [-0.2, 0) is 4.79 Å². The number of Topliss-reactive ketones (excluding diaryl/α,β-unsaturated/α-hetero) is 1. The molecule has 0 radical (unpaired) electrons. The lowest BCUT2D eigenvalue weighted by Gasteiger charge is -2.09. The van der Waals surface area contributed by atoms with E-state index in [1.165, 1.54) is 0 Å². The molecule has 1 nitrogen and oxygen atoms in total. The third-order valence-corrected chi connectivity index (χ3v) is 2.08. The molecular formula is C12H22O. The minimum atomic E-state index is 0.409. The Morgan fingerprint density at radius 2 is 1.92 bits per heavy atom. The molecule has 0 N–H and O–H groups in total. The van der Waals surface area contributed by atoms with E-state index in [0.717, 1.165) is 25.7 Å². The van der Waals surface area contributed by atoms with Gasteiger partial charge in [0, 0.05) is 12.8 Å². The van der Waals surface area contributed by atoms with Gasteiger partial charge >= 0.3 is 0 Å². The van der Waals surface area contributed by atoms with E-state index in [0.29, 0.717) is 17.6 Å². The van der Waals surface area contributed by atoms with Crippen LogP contribution >= 0.6 is 0 Å². The highest BCUT2D eigenvalue weighted by Gasteiger charge is 2.09.